The highest BCUT2D eigenvalue weighted by atomic mass is 19.1. The predicted octanol–water partition coefficient (Wildman–Crippen LogP) is 2.44. The molecule has 1 aromatic heterocycles. The Balaban J connectivity index is 2.09. The van der Waals surface area contributed by atoms with Crippen LogP contribution in [0.1, 0.15) is 24.3 Å². The van der Waals surface area contributed by atoms with Crippen molar-refractivity contribution in [3.63, 3.8) is 0 Å². The largest absolute Gasteiger partial charge is 0.440 e. The molecule has 0 aliphatic carbocycles. The molecule has 1 saturated heterocycles. The number of nitrogens with two attached hydrogens (primary N) is 1. The Morgan fingerprint density at radius 3 is 2.54 bits per heavy atom. The lowest BCUT2D eigenvalue weighted by molar-refractivity contribution is -0.0402. The zero-order valence-corrected chi connectivity index (χ0v) is 14.4. The maximum atomic E-state index is 13.7. The zero-order valence-electron chi connectivity index (χ0n) is 14.4. The summed E-state index contributed by atoms with van der Waals surface area (Å²) < 4.78 is 44.9. The Kier molecular flexibility index (Phi) is 5.19. The van der Waals surface area contributed by atoms with Crippen molar-refractivity contribution in [1.82, 2.24) is 9.78 Å². The normalized spacial score (nSPS) is 16.0. The van der Waals surface area contributed by atoms with Gasteiger partial charge in [0.2, 0.25) is 0 Å². The van der Waals surface area contributed by atoms with Crippen molar-refractivity contribution in [2.24, 2.45) is 12.8 Å². The molecule has 26 heavy (non-hydrogen) atoms. The zero-order chi connectivity index (χ0) is 18.8. The van der Waals surface area contributed by atoms with Crippen LogP contribution in [0.2, 0.25) is 0 Å². The van der Waals surface area contributed by atoms with Gasteiger partial charge < -0.3 is 19.9 Å². The number of hydrogen-bond donors (Lipinski definition) is 1. The van der Waals surface area contributed by atoms with Gasteiger partial charge in [-0.05, 0) is 19.1 Å². The lowest BCUT2D eigenvalue weighted by Gasteiger charge is -2.15. The number of hydrogen-bond acceptors (Lipinski definition) is 5. The second-order valence-corrected chi connectivity index (χ2v) is 5.95. The first-order valence-electron chi connectivity index (χ1n) is 8.06. The Morgan fingerprint density at radius 2 is 1.96 bits per heavy atom. The number of primary amides is 1. The summed E-state index contributed by atoms with van der Waals surface area (Å²) >= 11 is 0. The minimum Gasteiger partial charge on any atom is -0.440 e. The van der Waals surface area contributed by atoms with Crippen LogP contribution in [-0.4, -0.2) is 35.4 Å². The number of rotatable bonds is 5. The summed E-state index contributed by atoms with van der Waals surface area (Å²) in [7, 11) is 1.64. The van der Waals surface area contributed by atoms with Crippen molar-refractivity contribution in [2.75, 3.05) is 13.2 Å². The molecule has 1 fully saturated rings. The van der Waals surface area contributed by atoms with Gasteiger partial charge in [0.25, 0.3) is 0 Å². The fourth-order valence-electron chi connectivity index (χ4n) is 3.09. The monoisotopic (exact) mass is 367 g/mol. The van der Waals surface area contributed by atoms with E-state index in [0.29, 0.717) is 35.7 Å². The molecule has 0 spiro atoms. The molecule has 1 aliphatic rings. The molecule has 2 N–H and O–H groups in total. The summed E-state index contributed by atoms with van der Waals surface area (Å²) in [5.74, 6) is -1.41. The first kappa shape index (κ1) is 18.3. The molecule has 1 amide bonds. The maximum absolute atomic E-state index is 13.7. The summed E-state index contributed by atoms with van der Waals surface area (Å²) in [6, 6.07) is 3.22. The third-order valence-electron chi connectivity index (χ3n) is 4.05. The van der Waals surface area contributed by atoms with Gasteiger partial charge in [-0.1, -0.05) is 0 Å². The summed E-state index contributed by atoms with van der Waals surface area (Å²) in [6.07, 6.45) is -1.93. The molecule has 2 aromatic rings. The summed E-state index contributed by atoms with van der Waals surface area (Å²) in [5.41, 5.74) is 6.92. The number of carbonyl (C=O) groups is 1. The van der Waals surface area contributed by atoms with E-state index < -0.39 is 30.1 Å². The van der Waals surface area contributed by atoms with E-state index in [2.05, 4.69) is 5.10 Å². The summed E-state index contributed by atoms with van der Waals surface area (Å²) in [4.78, 5) is 11.1. The van der Waals surface area contributed by atoms with Crippen LogP contribution in [0, 0.1) is 11.6 Å². The van der Waals surface area contributed by atoms with Crippen LogP contribution < -0.4 is 5.73 Å². The number of ether oxygens (including phenoxy) is 3. The van der Waals surface area contributed by atoms with Gasteiger partial charge in [-0.25, -0.2) is 13.6 Å². The van der Waals surface area contributed by atoms with Crippen molar-refractivity contribution in [3.05, 3.63) is 41.1 Å². The fourth-order valence-corrected chi connectivity index (χ4v) is 3.09. The van der Waals surface area contributed by atoms with Crippen LogP contribution in [0.25, 0.3) is 11.3 Å². The number of aryl methyl sites for hydroxylation is 1. The summed E-state index contributed by atoms with van der Waals surface area (Å²) in [6.45, 7) is 2.53. The van der Waals surface area contributed by atoms with Gasteiger partial charge in [0.05, 0.1) is 18.9 Å². The van der Waals surface area contributed by atoms with Crippen LogP contribution in [0.15, 0.2) is 18.2 Å². The van der Waals surface area contributed by atoms with Gasteiger partial charge in [0.1, 0.15) is 23.4 Å². The molecule has 3 rings (SSSR count). The van der Waals surface area contributed by atoms with Crippen molar-refractivity contribution in [2.45, 2.75) is 25.7 Å². The topological polar surface area (TPSA) is 88.6 Å². The number of halogens is 2. The second kappa shape index (κ2) is 7.38. The number of benzene rings is 1. The van der Waals surface area contributed by atoms with Gasteiger partial charge in [-0.15, -0.1) is 0 Å². The van der Waals surface area contributed by atoms with Crippen LogP contribution in [0.3, 0.4) is 0 Å². The number of aromatic nitrogens is 2. The average Bonchev–Trinajstić information content (AvgIpc) is 3.14. The third-order valence-corrected chi connectivity index (χ3v) is 4.05. The van der Waals surface area contributed by atoms with Crippen LogP contribution in [-0.2, 0) is 27.7 Å². The molecule has 0 saturated carbocycles. The van der Waals surface area contributed by atoms with Crippen molar-refractivity contribution in [1.29, 1.82) is 0 Å². The molecule has 1 aromatic carbocycles. The van der Waals surface area contributed by atoms with Gasteiger partial charge in [-0.2, -0.15) is 5.10 Å². The van der Waals surface area contributed by atoms with Crippen LogP contribution >= 0.6 is 0 Å². The molecule has 2 heterocycles. The minimum absolute atomic E-state index is 0.281. The van der Waals surface area contributed by atoms with E-state index in [9.17, 15) is 13.6 Å². The summed E-state index contributed by atoms with van der Waals surface area (Å²) in [5, 5.41) is 4.37. The SMILES string of the molecule is CC(OC(N)=O)c1nn(C)c(-c2cc(F)cc(F)c2)c1CC1OCCO1. The van der Waals surface area contributed by atoms with Crippen molar-refractivity contribution in [3.8, 4) is 11.3 Å². The molecule has 140 valence electrons. The predicted molar refractivity (Wildman–Crippen MR) is 87.0 cm³/mol. The second-order valence-electron chi connectivity index (χ2n) is 5.95. The lowest BCUT2D eigenvalue weighted by Crippen LogP contribution is -2.18. The number of carbonyl (C=O) groups excluding carboxylic acids is 1. The Morgan fingerprint density at radius 1 is 1.35 bits per heavy atom. The Labute approximate surface area is 148 Å². The molecule has 1 unspecified atom stereocenters. The quantitative estimate of drug-likeness (QED) is 0.877. The van der Waals surface area contributed by atoms with E-state index in [1.807, 2.05) is 0 Å². The van der Waals surface area contributed by atoms with Gasteiger partial charge in [-0.3, -0.25) is 4.68 Å². The average molecular weight is 367 g/mol. The minimum atomic E-state index is -0.944. The first-order chi connectivity index (χ1) is 12.3. The van der Waals surface area contributed by atoms with Gasteiger partial charge in [0, 0.05) is 30.7 Å². The van der Waals surface area contributed by atoms with E-state index in [1.165, 1.54) is 16.8 Å². The Bertz CT molecular complexity index is 798. The molecule has 7 nitrogen and oxygen atoms in total. The Hall–Kier alpha value is -2.52. The molecule has 9 heteroatoms. The first-order valence-corrected chi connectivity index (χ1v) is 8.06. The van der Waals surface area contributed by atoms with E-state index in [-0.39, 0.29) is 6.42 Å². The van der Waals surface area contributed by atoms with Crippen molar-refractivity contribution < 1.29 is 27.8 Å². The highest BCUT2D eigenvalue weighted by molar-refractivity contribution is 5.67. The standard InChI is InChI=1S/C17H19F2N3O4/c1-9(26-17(20)23)15-13(8-14-24-3-4-25-14)16(22(2)21-15)10-5-11(18)7-12(19)6-10/h5-7,9,14H,3-4,8H2,1-2H3,(H2,20,23). The van der Waals surface area contributed by atoms with Crippen LogP contribution in [0.4, 0.5) is 13.6 Å². The molecule has 1 aliphatic heterocycles. The van der Waals surface area contributed by atoms with E-state index in [0.717, 1.165) is 6.07 Å². The molecule has 0 radical (unpaired) electrons. The fraction of sp³-hybridized carbons (Fsp3) is 0.412. The molecular weight excluding hydrogens is 348 g/mol. The molecular formula is C17H19F2N3O4. The highest BCUT2D eigenvalue weighted by Gasteiger charge is 2.28. The number of amides is 1. The highest BCUT2D eigenvalue weighted by Crippen LogP contribution is 2.33. The van der Waals surface area contributed by atoms with Crippen molar-refractivity contribution >= 4 is 6.09 Å². The number of nitrogens with zero attached hydrogens (tertiary/aromatic N) is 2. The van der Waals surface area contributed by atoms with Gasteiger partial charge >= 0.3 is 6.09 Å². The third kappa shape index (κ3) is 3.83. The van der Waals surface area contributed by atoms with Gasteiger partial charge in [0.15, 0.2) is 6.29 Å². The molecule has 0 bridgehead atoms. The molecule has 1 atom stereocenters. The maximum Gasteiger partial charge on any atom is 0.405 e. The van der Waals surface area contributed by atoms with E-state index in [4.69, 9.17) is 19.9 Å². The van der Waals surface area contributed by atoms with E-state index in [1.54, 1.807) is 14.0 Å². The smallest absolute Gasteiger partial charge is 0.405 e. The van der Waals surface area contributed by atoms with E-state index >= 15 is 0 Å². The van der Waals surface area contributed by atoms with Crippen LogP contribution in [0.5, 0.6) is 0 Å². The lowest BCUT2D eigenvalue weighted by atomic mass is 10.0.